The van der Waals surface area contributed by atoms with E-state index in [-0.39, 0.29) is 0 Å². The van der Waals surface area contributed by atoms with Crippen LogP contribution in [0.3, 0.4) is 0 Å². The smallest absolute Gasteiger partial charge is 0.170 e. The molecule has 1 aromatic carbocycles. The van der Waals surface area contributed by atoms with E-state index in [1.54, 1.807) is 0 Å². The number of thiocarbonyl (C=S) groups is 1. The Labute approximate surface area is 160 Å². The first kappa shape index (κ1) is 18.4. The van der Waals surface area contributed by atoms with Crippen molar-refractivity contribution in [2.75, 3.05) is 18.4 Å². The molecule has 3 nitrogen and oxygen atoms in total. The van der Waals surface area contributed by atoms with Gasteiger partial charge in [-0.25, -0.2) is 0 Å². The summed E-state index contributed by atoms with van der Waals surface area (Å²) in [4.78, 5) is 3.99. The molecule has 0 bridgehead atoms. The van der Waals surface area contributed by atoms with Gasteiger partial charge in [-0.05, 0) is 60.1 Å². The number of hydrogen-bond donors (Lipinski definition) is 2. The second-order valence-corrected chi connectivity index (χ2v) is 8.45. The number of thiophene rings is 1. The van der Waals surface area contributed by atoms with Crippen molar-refractivity contribution in [3.05, 3.63) is 52.2 Å². The van der Waals surface area contributed by atoms with Crippen LogP contribution in [0.4, 0.5) is 5.69 Å². The molecule has 2 N–H and O–H groups in total. The van der Waals surface area contributed by atoms with E-state index in [9.17, 15) is 0 Å². The fraction of sp³-hybridized carbons (Fsp3) is 0.450. The van der Waals surface area contributed by atoms with Gasteiger partial charge >= 0.3 is 0 Å². The molecule has 5 heteroatoms. The number of rotatable bonds is 5. The Bertz CT molecular complexity index is 657. The summed E-state index contributed by atoms with van der Waals surface area (Å²) in [5.41, 5.74) is 2.40. The lowest BCUT2D eigenvalue weighted by Crippen LogP contribution is -2.45. The molecule has 2 aromatic rings. The van der Waals surface area contributed by atoms with Crippen molar-refractivity contribution in [3.8, 4) is 0 Å². The highest BCUT2D eigenvalue weighted by atomic mass is 32.1. The third-order valence-corrected chi connectivity index (χ3v) is 5.80. The third-order valence-electron chi connectivity index (χ3n) is 4.72. The van der Waals surface area contributed by atoms with Gasteiger partial charge in [0, 0.05) is 36.2 Å². The standard InChI is InChI=1S/C20H27N3S2/c1-15(2)16-5-7-17(8-6-16)21-20(24)22-18-9-11-23(12-10-18)14-19-4-3-13-25-19/h3-8,13,15,18H,9-12,14H2,1-2H3,(H2,21,22,24). The molecule has 1 aliphatic heterocycles. The Balaban J connectivity index is 1.41. The lowest BCUT2D eigenvalue weighted by molar-refractivity contribution is 0.201. The summed E-state index contributed by atoms with van der Waals surface area (Å²) in [7, 11) is 0. The molecular weight excluding hydrogens is 346 g/mol. The van der Waals surface area contributed by atoms with Gasteiger partial charge in [0.05, 0.1) is 0 Å². The number of nitrogens with zero attached hydrogens (tertiary/aromatic N) is 1. The highest BCUT2D eigenvalue weighted by molar-refractivity contribution is 7.80. The van der Waals surface area contributed by atoms with Gasteiger partial charge in [-0.3, -0.25) is 4.90 Å². The van der Waals surface area contributed by atoms with Crippen LogP contribution in [0.2, 0.25) is 0 Å². The summed E-state index contributed by atoms with van der Waals surface area (Å²) in [6.45, 7) is 7.75. The minimum absolute atomic E-state index is 0.467. The van der Waals surface area contributed by atoms with Crippen molar-refractivity contribution >= 4 is 34.4 Å². The number of anilines is 1. The van der Waals surface area contributed by atoms with Gasteiger partial charge in [-0.15, -0.1) is 11.3 Å². The molecule has 2 heterocycles. The van der Waals surface area contributed by atoms with Crippen LogP contribution >= 0.6 is 23.6 Å². The Hall–Kier alpha value is -1.43. The van der Waals surface area contributed by atoms with Crippen molar-refractivity contribution in [1.82, 2.24) is 10.2 Å². The zero-order valence-corrected chi connectivity index (χ0v) is 16.6. The molecule has 1 aromatic heterocycles. The maximum atomic E-state index is 5.49. The van der Waals surface area contributed by atoms with E-state index in [4.69, 9.17) is 12.2 Å². The number of likely N-dealkylation sites (tertiary alicyclic amines) is 1. The van der Waals surface area contributed by atoms with E-state index >= 15 is 0 Å². The minimum Gasteiger partial charge on any atom is -0.360 e. The first-order valence-electron chi connectivity index (χ1n) is 9.02. The zero-order valence-electron chi connectivity index (χ0n) is 15.0. The lowest BCUT2D eigenvalue weighted by atomic mass is 10.0. The molecule has 0 unspecified atom stereocenters. The van der Waals surface area contributed by atoms with Crippen molar-refractivity contribution in [3.63, 3.8) is 0 Å². The lowest BCUT2D eigenvalue weighted by Gasteiger charge is -2.32. The number of piperidine rings is 1. The average molecular weight is 374 g/mol. The van der Waals surface area contributed by atoms with Gasteiger partial charge in [0.25, 0.3) is 0 Å². The molecule has 25 heavy (non-hydrogen) atoms. The van der Waals surface area contributed by atoms with Crippen molar-refractivity contribution in [2.24, 2.45) is 0 Å². The largest absolute Gasteiger partial charge is 0.360 e. The van der Waals surface area contributed by atoms with Gasteiger partial charge in [0.15, 0.2) is 5.11 Å². The van der Waals surface area contributed by atoms with Crippen LogP contribution in [-0.4, -0.2) is 29.1 Å². The highest BCUT2D eigenvalue weighted by Crippen LogP contribution is 2.18. The van der Waals surface area contributed by atoms with Crippen molar-refractivity contribution < 1.29 is 0 Å². The summed E-state index contributed by atoms with van der Waals surface area (Å²) < 4.78 is 0. The fourth-order valence-electron chi connectivity index (χ4n) is 3.16. The van der Waals surface area contributed by atoms with E-state index in [0.717, 1.165) is 43.3 Å². The predicted octanol–water partition coefficient (Wildman–Crippen LogP) is 4.82. The van der Waals surface area contributed by atoms with E-state index < -0.39 is 0 Å². The molecule has 0 atom stereocenters. The van der Waals surface area contributed by atoms with E-state index in [0.29, 0.717) is 12.0 Å². The molecule has 0 radical (unpaired) electrons. The molecule has 1 aliphatic rings. The quantitative estimate of drug-likeness (QED) is 0.735. The molecule has 0 spiro atoms. The topological polar surface area (TPSA) is 27.3 Å². The van der Waals surface area contributed by atoms with Crippen molar-refractivity contribution in [1.29, 1.82) is 0 Å². The molecule has 0 amide bonds. The van der Waals surface area contributed by atoms with Crippen LogP contribution < -0.4 is 10.6 Å². The Morgan fingerprint density at radius 3 is 2.52 bits per heavy atom. The summed E-state index contributed by atoms with van der Waals surface area (Å²) in [6.07, 6.45) is 2.28. The SMILES string of the molecule is CC(C)c1ccc(NC(=S)NC2CCN(Cc3cccs3)CC2)cc1. The second-order valence-electron chi connectivity index (χ2n) is 7.00. The van der Waals surface area contributed by atoms with Gasteiger partial charge in [-0.2, -0.15) is 0 Å². The molecule has 0 aliphatic carbocycles. The van der Waals surface area contributed by atoms with E-state index in [1.165, 1.54) is 10.4 Å². The van der Waals surface area contributed by atoms with Crippen LogP contribution in [0.25, 0.3) is 0 Å². The molecule has 3 rings (SSSR count). The maximum absolute atomic E-state index is 5.49. The van der Waals surface area contributed by atoms with Crippen LogP contribution in [0.15, 0.2) is 41.8 Å². The molecule has 1 fully saturated rings. The molecule has 1 saturated heterocycles. The normalized spacial score (nSPS) is 16.1. The predicted molar refractivity (Wildman–Crippen MR) is 113 cm³/mol. The maximum Gasteiger partial charge on any atom is 0.170 e. The minimum atomic E-state index is 0.467. The van der Waals surface area contributed by atoms with Gasteiger partial charge in [0.2, 0.25) is 0 Å². The van der Waals surface area contributed by atoms with Crippen LogP contribution in [0, 0.1) is 0 Å². The van der Waals surface area contributed by atoms with Gasteiger partial charge in [-0.1, -0.05) is 32.0 Å². The Morgan fingerprint density at radius 2 is 1.92 bits per heavy atom. The van der Waals surface area contributed by atoms with Crippen LogP contribution in [0.5, 0.6) is 0 Å². The second kappa shape index (κ2) is 8.79. The van der Waals surface area contributed by atoms with Gasteiger partial charge < -0.3 is 10.6 Å². The van der Waals surface area contributed by atoms with Crippen LogP contribution in [0.1, 0.15) is 43.0 Å². The van der Waals surface area contributed by atoms with Crippen LogP contribution in [-0.2, 0) is 6.54 Å². The average Bonchev–Trinajstić information content (AvgIpc) is 3.10. The summed E-state index contributed by atoms with van der Waals surface area (Å²) in [6, 6.07) is 13.4. The third kappa shape index (κ3) is 5.53. The van der Waals surface area contributed by atoms with Gasteiger partial charge in [0.1, 0.15) is 0 Å². The molecular formula is C20H27N3S2. The number of benzene rings is 1. The Kier molecular flexibility index (Phi) is 6.45. The molecule has 134 valence electrons. The van der Waals surface area contributed by atoms with E-state index in [2.05, 4.69) is 71.2 Å². The summed E-state index contributed by atoms with van der Waals surface area (Å²) >= 11 is 7.33. The first-order chi connectivity index (χ1) is 12.1. The Morgan fingerprint density at radius 1 is 1.20 bits per heavy atom. The highest BCUT2D eigenvalue weighted by Gasteiger charge is 2.20. The van der Waals surface area contributed by atoms with E-state index in [1.807, 2.05) is 11.3 Å². The fourth-order valence-corrected chi connectivity index (χ4v) is 4.19. The summed E-state index contributed by atoms with van der Waals surface area (Å²) in [5, 5.41) is 9.68. The zero-order chi connectivity index (χ0) is 17.6. The molecule has 0 saturated carbocycles. The monoisotopic (exact) mass is 373 g/mol. The van der Waals surface area contributed by atoms with Crippen molar-refractivity contribution in [2.45, 2.75) is 45.2 Å². The number of nitrogens with one attached hydrogen (secondary N) is 2. The summed E-state index contributed by atoms with van der Waals surface area (Å²) in [5.74, 6) is 0.554. The number of hydrogen-bond acceptors (Lipinski definition) is 3. The first-order valence-corrected chi connectivity index (χ1v) is 10.3.